The van der Waals surface area contributed by atoms with Gasteiger partial charge in [0.05, 0.1) is 0 Å². The second-order valence-corrected chi connectivity index (χ2v) is 7.91. The molecule has 0 bridgehead atoms. The maximum Gasteiger partial charge on any atom is 0.278 e. The fourth-order valence-electron chi connectivity index (χ4n) is 3.67. The van der Waals surface area contributed by atoms with E-state index >= 15 is 0 Å². The molecule has 0 saturated carbocycles. The minimum atomic E-state index is -0.451. The Morgan fingerprint density at radius 2 is 1.84 bits per heavy atom. The van der Waals surface area contributed by atoms with Crippen LogP contribution >= 0.6 is 11.6 Å². The summed E-state index contributed by atoms with van der Waals surface area (Å²) in [5.41, 5.74) is 2.49. The molecular weight excluding hydrogens is 416 g/mol. The molecule has 7 nitrogen and oxygen atoms in total. The zero-order valence-electron chi connectivity index (χ0n) is 16.9. The van der Waals surface area contributed by atoms with Gasteiger partial charge in [0, 0.05) is 29.4 Å². The Morgan fingerprint density at radius 3 is 2.61 bits per heavy atom. The fourth-order valence-corrected chi connectivity index (χ4v) is 3.80. The van der Waals surface area contributed by atoms with Crippen molar-refractivity contribution < 1.29 is 9.59 Å². The number of carbonyl (C=O) groups excluding carboxylic acids is 2. The molecule has 0 spiro atoms. The summed E-state index contributed by atoms with van der Waals surface area (Å²) >= 11 is 5.86. The smallest absolute Gasteiger partial charge is 0.278 e. The van der Waals surface area contributed by atoms with Crippen molar-refractivity contribution in [2.24, 2.45) is 0 Å². The molecule has 1 atom stereocenters. The molecule has 0 fully saturated rings. The number of carbonyl (C=O) groups is 2. The van der Waals surface area contributed by atoms with Gasteiger partial charge < -0.3 is 10.2 Å². The second kappa shape index (κ2) is 8.73. The van der Waals surface area contributed by atoms with Crippen LogP contribution < -0.4 is 15.8 Å². The van der Waals surface area contributed by atoms with Gasteiger partial charge in [0.2, 0.25) is 5.91 Å². The van der Waals surface area contributed by atoms with Gasteiger partial charge in [-0.1, -0.05) is 41.9 Å². The molecule has 1 aliphatic rings. The number of hydrogen-bond acceptors (Lipinski definition) is 4. The quantitative estimate of drug-likeness (QED) is 0.666. The Labute approximate surface area is 184 Å². The lowest BCUT2D eigenvalue weighted by molar-refractivity contribution is -0.122. The van der Waals surface area contributed by atoms with E-state index in [4.69, 9.17) is 11.6 Å². The van der Waals surface area contributed by atoms with E-state index in [-0.39, 0.29) is 30.1 Å². The van der Waals surface area contributed by atoms with Gasteiger partial charge in [-0.15, -0.1) is 0 Å². The van der Waals surface area contributed by atoms with E-state index in [2.05, 4.69) is 10.4 Å². The third-order valence-corrected chi connectivity index (χ3v) is 5.46. The number of anilines is 1. The van der Waals surface area contributed by atoms with Crippen molar-refractivity contribution in [3.63, 3.8) is 0 Å². The molecule has 4 rings (SSSR count). The fraction of sp³-hybridized carbons (Fsp3) is 0.217. The van der Waals surface area contributed by atoms with Crippen molar-refractivity contribution in [2.75, 3.05) is 4.90 Å². The van der Waals surface area contributed by atoms with E-state index < -0.39 is 5.56 Å². The largest absolute Gasteiger partial charge is 0.350 e. The third-order valence-electron chi connectivity index (χ3n) is 5.21. The number of rotatable bonds is 5. The van der Waals surface area contributed by atoms with Gasteiger partial charge in [0.25, 0.3) is 11.5 Å². The highest BCUT2D eigenvalue weighted by Crippen LogP contribution is 2.32. The van der Waals surface area contributed by atoms with E-state index in [1.165, 1.54) is 12.1 Å². The van der Waals surface area contributed by atoms with Crippen LogP contribution in [0.15, 0.2) is 65.5 Å². The zero-order chi connectivity index (χ0) is 22.0. The first kappa shape index (κ1) is 20.8. The van der Waals surface area contributed by atoms with E-state index in [1.807, 2.05) is 31.2 Å². The molecule has 0 saturated heterocycles. The number of nitrogens with zero attached hydrogens (tertiary/aromatic N) is 3. The van der Waals surface area contributed by atoms with Crippen molar-refractivity contribution >= 4 is 29.1 Å². The summed E-state index contributed by atoms with van der Waals surface area (Å²) in [6.45, 7) is 1.99. The number of aromatic nitrogens is 2. The number of benzene rings is 2. The minimum Gasteiger partial charge on any atom is -0.350 e. The predicted octanol–water partition coefficient (Wildman–Crippen LogP) is 2.80. The van der Waals surface area contributed by atoms with Crippen LogP contribution in [-0.2, 0) is 24.3 Å². The van der Waals surface area contributed by atoms with Crippen LogP contribution in [0, 0.1) is 0 Å². The summed E-state index contributed by atoms with van der Waals surface area (Å²) in [6, 6.07) is 17.5. The summed E-state index contributed by atoms with van der Waals surface area (Å²) in [6.07, 6.45) is 0.759. The van der Waals surface area contributed by atoms with Crippen molar-refractivity contribution in [1.29, 1.82) is 0 Å². The van der Waals surface area contributed by atoms with Gasteiger partial charge in [0.15, 0.2) is 0 Å². The number of halogens is 1. The molecule has 3 aromatic rings. The molecular formula is C23H21ClN4O3. The van der Waals surface area contributed by atoms with Crippen LogP contribution in [-0.4, -0.2) is 27.6 Å². The van der Waals surface area contributed by atoms with E-state index in [1.54, 1.807) is 29.2 Å². The SMILES string of the molecule is C[C@@H]1Cc2ccccc2N1C(=O)c1ccc(=O)n(CC(=O)NCc2ccc(Cl)cc2)n1. The van der Waals surface area contributed by atoms with Gasteiger partial charge in [-0.3, -0.25) is 14.4 Å². The van der Waals surface area contributed by atoms with Crippen LogP contribution in [0.3, 0.4) is 0 Å². The maximum absolute atomic E-state index is 13.1. The lowest BCUT2D eigenvalue weighted by atomic mass is 10.1. The van der Waals surface area contributed by atoms with E-state index in [0.717, 1.165) is 27.9 Å². The molecule has 8 heteroatoms. The zero-order valence-corrected chi connectivity index (χ0v) is 17.7. The number of amides is 2. The molecule has 2 amide bonds. The summed E-state index contributed by atoms with van der Waals surface area (Å²) in [4.78, 5) is 39.4. The Bertz CT molecular complexity index is 1190. The Hall–Kier alpha value is -3.45. The van der Waals surface area contributed by atoms with Gasteiger partial charge in [0.1, 0.15) is 12.2 Å². The predicted molar refractivity (Wildman–Crippen MR) is 118 cm³/mol. The van der Waals surface area contributed by atoms with Gasteiger partial charge in [-0.05, 0) is 48.7 Å². The standard InChI is InChI=1S/C23H21ClN4O3/c1-15-12-17-4-2-3-5-20(17)28(15)23(31)19-10-11-22(30)27(26-19)14-21(29)25-13-16-6-8-18(24)9-7-16/h2-11,15H,12-14H2,1H3,(H,25,29)/t15-/m1/s1. The lowest BCUT2D eigenvalue weighted by Crippen LogP contribution is -2.38. The van der Waals surface area contributed by atoms with Crippen molar-refractivity contribution in [1.82, 2.24) is 15.1 Å². The van der Waals surface area contributed by atoms with Crippen LogP contribution in [0.1, 0.15) is 28.5 Å². The maximum atomic E-state index is 13.1. The highest BCUT2D eigenvalue weighted by molar-refractivity contribution is 6.30. The van der Waals surface area contributed by atoms with Crippen LogP contribution in [0.4, 0.5) is 5.69 Å². The summed E-state index contributed by atoms with van der Waals surface area (Å²) in [7, 11) is 0. The molecule has 1 aromatic heterocycles. The summed E-state index contributed by atoms with van der Waals surface area (Å²) in [5, 5.41) is 7.52. The topological polar surface area (TPSA) is 84.3 Å². The molecule has 2 heterocycles. The van der Waals surface area contributed by atoms with Crippen LogP contribution in [0.5, 0.6) is 0 Å². The molecule has 0 aliphatic carbocycles. The number of hydrogen-bond donors (Lipinski definition) is 1. The highest BCUT2D eigenvalue weighted by Gasteiger charge is 2.32. The molecule has 0 unspecified atom stereocenters. The normalized spacial score (nSPS) is 14.9. The Kier molecular flexibility index (Phi) is 5.86. The van der Waals surface area contributed by atoms with E-state index in [0.29, 0.717) is 11.6 Å². The van der Waals surface area contributed by atoms with Crippen molar-refractivity contribution in [2.45, 2.75) is 32.5 Å². The molecule has 158 valence electrons. The summed E-state index contributed by atoms with van der Waals surface area (Å²) < 4.78 is 1.01. The third kappa shape index (κ3) is 4.51. The van der Waals surface area contributed by atoms with Crippen LogP contribution in [0.25, 0.3) is 0 Å². The van der Waals surface area contributed by atoms with Gasteiger partial charge in [-0.2, -0.15) is 5.10 Å². The summed E-state index contributed by atoms with van der Waals surface area (Å²) in [5.74, 6) is -0.679. The average Bonchev–Trinajstić information content (AvgIpc) is 3.10. The van der Waals surface area contributed by atoms with Crippen molar-refractivity contribution in [3.05, 3.63) is 92.9 Å². The number of nitrogens with one attached hydrogen (secondary N) is 1. The van der Waals surface area contributed by atoms with Gasteiger partial charge in [-0.25, -0.2) is 4.68 Å². The Morgan fingerprint density at radius 1 is 1.10 bits per heavy atom. The molecule has 0 radical (unpaired) electrons. The van der Waals surface area contributed by atoms with Crippen LogP contribution in [0.2, 0.25) is 5.02 Å². The molecule has 1 aliphatic heterocycles. The average molecular weight is 437 g/mol. The highest BCUT2D eigenvalue weighted by atomic mass is 35.5. The monoisotopic (exact) mass is 436 g/mol. The van der Waals surface area contributed by atoms with Gasteiger partial charge >= 0.3 is 0 Å². The molecule has 1 N–H and O–H groups in total. The minimum absolute atomic E-state index is 0.0187. The number of fused-ring (bicyclic) bond motifs is 1. The first-order valence-corrected chi connectivity index (χ1v) is 10.3. The first-order chi connectivity index (χ1) is 14.9. The van der Waals surface area contributed by atoms with Crippen molar-refractivity contribution in [3.8, 4) is 0 Å². The molecule has 2 aromatic carbocycles. The lowest BCUT2D eigenvalue weighted by Gasteiger charge is -2.22. The second-order valence-electron chi connectivity index (χ2n) is 7.47. The first-order valence-electron chi connectivity index (χ1n) is 9.93. The van der Waals surface area contributed by atoms with E-state index in [9.17, 15) is 14.4 Å². The molecule has 31 heavy (non-hydrogen) atoms. The number of para-hydroxylation sites is 1. The Balaban J connectivity index is 1.48.